The lowest BCUT2D eigenvalue weighted by molar-refractivity contribution is -0.125. The summed E-state index contributed by atoms with van der Waals surface area (Å²) in [5, 5.41) is 3.88. The summed E-state index contributed by atoms with van der Waals surface area (Å²) in [6.07, 6.45) is 0.576. The van der Waals surface area contributed by atoms with Gasteiger partial charge in [0.1, 0.15) is 0 Å². The van der Waals surface area contributed by atoms with Crippen LogP contribution >= 0.6 is 0 Å². The van der Waals surface area contributed by atoms with Gasteiger partial charge in [-0.2, -0.15) is 4.98 Å². The van der Waals surface area contributed by atoms with Gasteiger partial charge in [-0.1, -0.05) is 37.2 Å². The first-order chi connectivity index (χ1) is 8.88. The quantitative estimate of drug-likeness (QED) is 0.911. The largest absolute Gasteiger partial charge is 0.369 e. The second kappa shape index (κ2) is 4.84. The van der Waals surface area contributed by atoms with Crippen LogP contribution in [0.4, 0.5) is 0 Å². The smallest absolute Gasteiger partial charge is 0.223 e. The number of hydrogen-bond donors (Lipinski definition) is 1. The minimum Gasteiger partial charge on any atom is -0.369 e. The summed E-state index contributed by atoms with van der Waals surface area (Å²) in [5.41, 5.74) is 6.70. The zero-order valence-electron chi connectivity index (χ0n) is 11.3. The average Bonchev–Trinajstić information content (AvgIpc) is 2.75. The Balaban J connectivity index is 2.27. The third-order valence-electron chi connectivity index (χ3n) is 3.03. The molecule has 0 aliphatic carbocycles. The van der Waals surface area contributed by atoms with Crippen molar-refractivity contribution in [2.45, 2.75) is 27.2 Å². The number of aryl methyl sites for hydroxylation is 1. The van der Waals surface area contributed by atoms with E-state index >= 15 is 0 Å². The van der Waals surface area contributed by atoms with Crippen molar-refractivity contribution in [2.24, 2.45) is 11.1 Å². The second-order valence-electron chi connectivity index (χ2n) is 5.26. The molecule has 0 spiro atoms. The Morgan fingerprint density at radius 2 is 2.16 bits per heavy atom. The molecule has 0 atom stereocenters. The van der Waals surface area contributed by atoms with E-state index in [0.717, 1.165) is 11.1 Å². The van der Waals surface area contributed by atoms with Crippen LogP contribution in [-0.2, 0) is 11.2 Å². The van der Waals surface area contributed by atoms with Crippen LogP contribution in [0.5, 0.6) is 0 Å². The lowest BCUT2D eigenvalue weighted by atomic mass is 9.85. The molecule has 0 saturated carbocycles. The predicted octanol–water partition coefficient (Wildman–Crippen LogP) is 2.10. The molecule has 0 bridgehead atoms. The Labute approximate surface area is 111 Å². The molecule has 0 saturated heterocycles. The van der Waals surface area contributed by atoms with E-state index in [1.54, 1.807) is 6.92 Å². The van der Waals surface area contributed by atoms with Gasteiger partial charge < -0.3 is 10.3 Å². The molecule has 0 aliphatic heterocycles. The molecule has 1 heterocycles. The summed E-state index contributed by atoms with van der Waals surface area (Å²) in [6, 6.07) is 7.73. The molecular formula is C14H17N3O2. The Morgan fingerprint density at radius 1 is 1.42 bits per heavy atom. The standard InChI is InChI=1S/C14H17N3O2/c1-9-16-12(17-19-9)11-6-4-5-10(7-11)8-14(2,3)13(15)18/h4-7H,8H2,1-3H3,(H2,15,18). The molecule has 5 heteroatoms. The summed E-state index contributed by atoms with van der Waals surface area (Å²) in [4.78, 5) is 15.6. The summed E-state index contributed by atoms with van der Waals surface area (Å²) >= 11 is 0. The van der Waals surface area contributed by atoms with Crippen LogP contribution in [0.25, 0.3) is 11.4 Å². The van der Waals surface area contributed by atoms with Gasteiger partial charge in [0, 0.05) is 17.9 Å². The molecule has 0 aliphatic rings. The van der Waals surface area contributed by atoms with Gasteiger partial charge in [-0.15, -0.1) is 0 Å². The zero-order valence-corrected chi connectivity index (χ0v) is 11.3. The van der Waals surface area contributed by atoms with Crippen molar-refractivity contribution in [1.82, 2.24) is 10.1 Å². The van der Waals surface area contributed by atoms with Crippen LogP contribution in [0, 0.1) is 12.3 Å². The van der Waals surface area contributed by atoms with E-state index in [1.165, 1.54) is 0 Å². The highest BCUT2D eigenvalue weighted by Gasteiger charge is 2.25. The Hall–Kier alpha value is -2.17. The van der Waals surface area contributed by atoms with E-state index in [0.29, 0.717) is 18.1 Å². The molecule has 2 N–H and O–H groups in total. The van der Waals surface area contributed by atoms with Crippen molar-refractivity contribution < 1.29 is 9.32 Å². The highest BCUT2D eigenvalue weighted by atomic mass is 16.5. The number of amides is 1. The first-order valence-corrected chi connectivity index (χ1v) is 6.08. The highest BCUT2D eigenvalue weighted by molar-refractivity contribution is 5.80. The highest BCUT2D eigenvalue weighted by Crippen LogP contribution is 2.24. The van der Waals surface area contributed by atoms with Gasteiger partial charge >= 0.3 is 0 Å². The fourth-order valence-electron chi connectivity index (χ4n) is 1.83. The van der Waals surface area contributed by atoms with E-state index < -0.39 is 5.41 Å². The van der Waals surface area contributed by atoms with Gasteiger partial charge in [0.05, 0.1) is 0 Å². The first-order valence-electron chi connectivity index (χ1n) is 6.08. The molecule has 19 heavy (non-hydrogen) atoms. The van der Waals surface area contributed by atoms with Gasteiger partial charge in [-0.3, -0.25) is 4.79 Å². The number of carbonyl (C=O) groups excluding carboxylic acids is 1. The fourth-order valence-corrected chi connectivity index (χ4v) is 1.83. The van der Waals surface area contributed by atoms with Crippen LogP contribution in [0.3, 0.4) is 0 Å². The zero-order chi connectivity index (χ0) is 14.0. The fraction of sp³-hybridized carbons (Fsp3) is 0.357. The molecule has 1 amide bonds. The molecule has 2 rings (SSSR count). The first kappa shape index (κ1) is 13.3. The molecule has 0 unspecified atom stereocenters. The minimum atomic E-state index is -0.578. The van der Waals surface area contributed by atoms with Crippen molar-refractivity contribution in [1.29, 1.82) is 0 Å². The number of rotatable bonds is 4. The van der Waals surface area contributed by atoms with Crippen molar-refractivity contribution in [3.63, 3.8) is 0 Å². The molecule has 0 radical (unpaired) electrons. The van der Waals surface area contributed by atoms with Gasteiger partial charge in [-0.05, 0) is 18.1 Å². The number of aromatic nitrogens is 2. The average molecular weight is 259 g/mol. The number of hydrogen-bond acceptors (Lipinski definition) is 4. The van der Waals surface area contributed by atoms with Crippen molar-refractivity contribution in [3.8, 4) is 11.4 Å². The molecule has 5 nitrogen and oxygen atoms in total. The maximum Gasteiger partial charge on any atom is 0.223 e. The molecule has 1 aromatic carbocycles. The number of primary amides is 1. The molecule has 1 aromatic heterocycles. The molecular weight excluding hydrogens is 242 g/mol. The maximum absolute atomic E-state index is 11.4. The Morgan fingerprint density at radius 3 is 2.74 bits per heavy atom. The van der Waals surface area contributed by atoms with Gasteiger partial charge in [0.25, 0.3) is 0 Å². The van der Waals surface area contributed by atoms with Gasteiger partial charge in [0.2, 0.25) is 17.6 Å². The van der Waals surface area contributed by atoms with Crippen molar-refractivity contribution in [3.05, 3.63) is 35.7 Å². The van der Waals surface area contributed by atoms with Crippen LogP contribution in [0.1, 0.15) is 25.3 Å². The third-order valence-corrected chi connectivity index (χ3v) is 3.03. The summed E-state index contributed by atoms with van der Waals surface area (Å²) in [6.45, 7) is 5.41. The van der Waals surface area contributed by atoms with Crippen LogP contribution < -0.4 is 5.73 Å². The number of carbonyl (C=O) groups is 1. The number of benzene rings is 1. The molecule has 0 fully saturated rings. The predicted molar refractivity (Wildman–Crippen MR) is 71.2 cm³/mol. The topological polar surface area (TPSA) is 82.0 Å². The Bertz CT molecular complexity index is 602. The normalized spacial score (nSPS) is 11.5. The molecule has 2 aromatic rings. The van der Waals surface area contributed by atoms with Crippen LogP contribution in [0.15, 0.2) is 28.8 Å². The van der Waals surface area contributed by atoms with E-state index in [-0.39, 0.29) is 5.91 Å². The second-order valence-corrected chi connectivity index (χ2v) is 5.26. The summed E-state index contributed by atoms with van der Waals surface area (Å²) in [7, 11) is 0. The van der Waals surface area contributed by atoms with Crippen molar-refractivity contribution >= 4 is 5.91 Å². The van der Waals surface area contributed by atoms with E-state index in [2.05, 4.69) is 10.1 Å². The minimum absolute atomic E-state index is 0.312. The monoisotopic (exact) mass is 259 g/mol. The Kier molecular flexibility index (Phi) is 3.38. The lowest BCUT2D eigenvalue weighted by Gasteiger charge is -2.20. The van der Waals surface area contributed by atoms with Crippen molar-refractivity contribution in [2.75, 3.05) is 0 Å². The van der Waals surface area contributed by atoms with Gasteiger partial charge in [-0.25, -0.2) is 0 Å². The third kappa shape index (κ3) is 2.99. The SMILES string of the molecule is Cc1nc(-c2cccc(CC(C)(C)C(N)=O)c2)no1. The summed E-state index contributed by atoms with van der Waals surface area (Å²) < 4.78 is 4.96. The summed E-state index contributed by atoms with van der Waals surface area (Å²) in [5.74, 6) is 0.766. The van der Waals surface area contributed by atoms with E-state index in [9.17, 15) is 4.79 Å². The van der Waals surface area contributed by atoms with Crippen LogP contribution in [-0.4, -0.2) is 16.0 Å². The number of nitrogens with zero attached hydrogens (tertiary/aromatic N) is 2. The van der Waals surface area contributed by atoms with Crippen LogP contribution in [0.2, 0.25) is 0 Å². The molecule has 100 valence electrons. The van der Waals surface area contributed by atoms with E-state index in [4.69, 9.17) is 10.3 Å². The van der Waals surface area contributed by atoms with Gasteiger partial charge in [0.15, 0.2) is 0 Å². The van der Waals surface area contributed by atoms with E-state index in [1.807, 2.05) is 38.1 Å². The number of nitrogens with two attached hydrogens (primary N) is 1. The maximum atomic E-state index is 11.4. The lowest BCUT2D eigenvalue weighted by Crippen LogP contribution is -2.33.